The highest BCUT2D eigenvalue weighted by molar-refractivity contribution is 5.85. The molecule has 0 aliphatic heterocycles. The van der Waals surface area contributed by atoms with Gasteiger partial charge < -0.3 is 10.2 Å². The monoisotopic (exact) mass is 194 g/mol. The molecule has 0 spiro atoms. The molecule has 2 rings (SSSR count). The van der Waals surface area contributed by atoms with Crippen LogP contribution in [0.4, 0.5) is 0 Å². The normalized spacial score (nSPS) is 40.6. The zero-order valence-electron chi connectivity index (χ0n) is 8.10. The fraction of sp³-hybridized carbons (Fsp3) is 0.545. The van der Waals surface area contributed by atoms with Crippen LogP contribution >= 0.6 is 0 Å². The zero-order valence-corrected chi connectivity index (χ0v) is 8.10. The molecule has 0 heterocycles. The van der Waals surface area contributed by atoms with Crippen molar-refractivity contribution in [2.24, 2.45) is 11.8 Å². The van der Waals surface area contributed by atoms with E-state index in [-0.39, 0.29) is 5.92 Å². The summed E-state index contributed by atoms with van der Waals surface area (Å²) in [5.41, 5.74) is -0.453. The first-order chi connectivity index (χ1) is 6.51. The quantitative estimate of drug-likeness (QED) is 0.515. The van der Waals surface area contributed by atoms with Gasteiger partial charge in [0.05, 0.1) is 5.60 Å². The van der Waals surface area contributed by atoms with Crippen LogP contribution in [0.25, 0.3) is 0 Å². The Morgan fingerprint density at radius 3 is 2.79 bits per heavy atom. The van der Waals surface area contributed by atoms with Gasteiger partial charge in [-0.1, -0.05) is 18.2 Å². The largest absolute Gasteiger partial charge is 0.478 e. The first kappa shape index (κ1) is 9.46. The molecule has 2 N–H and O–H groups in total. The first-order valence-electron chi connectivity index (χ1n) is 4.85. The van der Waals surface area contributed by atoms with Crippen LogP contribution in [0.1, 0.15) is 19.8 Å². The number of aliphatic carboxylic acids is 1. The molecule has 76 valence electrons. The molecule has 2 aliphatic carbocycles. The Bertz CT molecular complexity index is 329. The summed E-state index contributed by atoms with van der Waals surface area (Å²) in [5, 5.41) is 18.8. The van der Waals surface area contributed by atoms with E-state index in [0.29, 0.717) is 11.5 Å². The number of hydrogen-bond acceptors (Lipinski definition) is 2. The molecule has 3 unspecified atom stereocenters. The van der Waals surface area contributed by atoms with E-state index >= 15 is 0 Å². The van der Waals surface area contributed by atoms with Crippen molar-refractivity contribution in [3.8, 4) is 0 Å². The SMILES string of the molecule is C/C(=C\C1CC2C=CC1(O)C2)C(=O)O. The fourth-order valence-corrected chi connectivity index (χ4v) is 2.41. The minimum atomic E-state index is -0.902. The van der Waals surface area contributed by atoms with Crippen LogP contribution < -0.4 is 0 Å². The van der Waals surface area contributed by atoms with Gasteiger partial charge >= 0.3 is 5.97 Å². The maximum atomic E-state index is 10.6. The Kier molecular flexibility index (Phi) is 2.00. The molecule has 1 fully saturated rings. The van der Waals surface area contributed by atoms with Gasteiger partial charge in [0, 0.05) is 11.5 Å². The van der Waals surface area contributed by atoms with Crippen molar-refractivity contribution in [2.45, 2.75) is 25.4 Å². The topological polar surface area (TPSA) is 57.5 Å². The third-order valence-corrected chi connectivity index (χ3v) is 3.23. The van der Waals surface area contributed by atoms with Gasteiger partial charge in [-0.3, -0.25) is 0 Å². The van der Waals surface area contributed by atoms with Gasteiger partial charge in [-0.15, -0.1) is 0 Å². The lowest BCUT2D eigenvalue weighted by atomic mass is 9.88. The van der Waals surface area contributed by atoms with Crippen LogP contribution in [0.2, 0.25) is 0 Å². The van der Waals surface area contributed by atoms with E-state index in [2.05, 4.69) is 0 Å². The predicted octanol–water partition coefficient (Wildman–Crippen LogP) is 1.34. The lowest BCUT2D eigenvalue weighted by Gasteiger charge is -2.24. The number of carboxylic acids is 1. The standard InChI is InChI=1S/C11H14O3/c1-7(10(12)13)4-9-5-8-2-3-11(9,14)6-8/h2-4,8-9,14H,5-6H2,1H3,(H,12,13)/b7-4+. The molecule has 3 nitrogen and oxygen atoms in total. The number of hydrogen-bond donors (Lipinski definition) is 2. The Labute approximate surface area is 82.7 Å². The maximum Gasteiger partial charge on any atom is 0.330 e. The molecule has 0 radical (unpaired) electrons. The minimum absolute atomic E-state index is 0.0198. The summed E-state index contributed by atoms with van der Waals surface area (Å²) in [6.45, 7) is 1.57. The second-order valence-electron chi connectivity index (χ2n) is 4.31. The molecular weight excluding hydrogens is 180 g/mol. The van der Waals surface area contributed by atoms with E-state index in [1.807, 2.05) is 12.2 Å². The fourth-order valence-electron chi connectivity index (χ4n) is 2.41. The molecule has 1 saturated carbocycles. The molecule has 14 heavy (non-hydrogen) atoms. The predicted molar refractivity (Wildman–Crippen MR) is 51.7 cm³/mol. The molecule has 0 amide bonds. The third-order valence-electron chi connectivity index (χ3n) is 3.23. The van der Waals surface area contributed by atoms with Crippen LogP contribution in [0.15, 0.2) is 23.8 Å². The Balaban J connectivity index is 2.19. The van der Waals surface area contributed by atoms with Crippen LogP contribution in [-0.2, 0) is 4.79 Å². The number of fused-ring (bicyclic) bond motifs is 2. The summed E-state index contributed by atoms with van der Waals surface area (Å²) in [6, 6.07) is 0. The van der Waals surface area contributed by atoms with Gasteiger partial charge in [0.25, 0.3) is 0 Å². The molecular formula is C11H14O3. The van der Waals surface area contributed by atoms with Gasteiger partial charge in [-0.2, -0.15) is 0 Å². The summed E-state index contributed by atoms with van der Waals surface area (Å²) in [4.78, 5) is 10.6. The average Bonchev–Trinajstić information content (AvgIpc) is 2.59. The van der Waals surface area contributed by atoms with E-state index in [1.165, 1.54) is 0 Å². The van der Waals surface area contributed by atoms with E-state index in [9.17, 15) is 9.90 Å². The van der Waals surface area contributed by atoms with Crippen molar-refractivity contribution in [1.29, 1.82) is 0 Å². The molecule has 0 aromatic carbocycles. The average molecular weight is 194 g/mol. The van der Waals surface area contributed by atoms with Crippen molar-refractivity contribution in [3.05, 3.63) is 23.8 Å². The lowest BCUT2D eigenvalue weighted by molar-refractivity contribution is -0.132. The van der Waals surface area contributed by atoms with Crippen molar-refractivity contribution in [3.63, 3.8) is 0 Å². The molecule has 0 aromatic rings. The smallest absolute Gasteiger partial charge is 0.330 e. The highest BCUT2D eigenvalue weighted by atomic mass is 16.4. The number of rotatable bonds is 2. The minimum Gasteiger partial charge on any atom is -0.478 e. The second-order valence-corrected chi connectivity index (χ2v) is 4.31. The Morgan fingerprint density at radius 1 is 1.64 bits per heavy atom. The van der Waals surface area contributed by atoms with Crippen LogP contribution in [0.5, 0.6) is 0 Å². The van der Waals surface area contributed by atoms with Crippen molar-refractivity contribution in [1.82, 2.24) is 0 Å². The van der Waals surface area contributed by atoms with Gasteiger partial charge in [-0.25, -0.2) is 4.79 Å². The van der Waals surface area contributed by atoms with Crippen LogP contribution in [0, 0.1) is 11.8 Å². The van der Waals surface area contributed by atoms with Crippen molar-refractivity contribution >= 4 is 5.97 Å². The third kappa shape index (κ3) is 1.38. The summed E-state index contributed by atoms with van der Waals surface area (Å²) in [7, 11) is 0. The molecule has 2 bridgehead atoms. The molecule has 0 saturated heterocycles. The van der Waals surface area contributed by atoms with Crippen LogP contribution in [-0.4, -0.2) is 21.8 Å². The first-order valence-corrected chi connectivity index (χ1v) is 4.85. The summed E-state index contributed by atoms with van der Waals surface area (Å²) in [5.74, 6) is -0.489. The van der Waals surface area contributed by atoms with Crippen LogP contribution in [0.3, 0.4) is 0 Å². The zero-order chi connectivity index (χ0) is 10.3. The van der Waals surface area contributed by atoms with Gasteiger partial charge in [-0.05, 0) is 25.7 Å². The molecule has 2 aliphatic rings. The maximum absolute atomic E-state index is 10.6. The van der Waals surface area contributed by atoms with Gasteiger partial charge in [0.2, 0.25) is 0 Å². The number of aliphatic hydroxyl groups is 1. The van der Waals surface area contributed by atoms with Gasteiger partial charge in [0.1, 0.15) is 0 Å². The molecule has 3 atom stereocenters. The van der Waals surface area contributed by atoms with E-state index in [0.717, 1.165) is 12.8 Å². The molecule has 0 aromatic heterocycles. The summed E-state index contributed by atoms with van der Waals surface area (Å²) < 4.78 is 0. The van der Waals surface area contributed by atoms with Crippen molar-refractivity contribution in [2.75, 3.05) is 0 Å². The van der Waals surface area contributed by atoms with E-state index < -0.39 is 11.6 Å². The Morgan fingerprint density at radius 2 is 2.36 bits per heavy atom. The highest BCUT2D eigenvalue weighted by Gasteiger charge is 2.46. The second kappa shape index (κ2) is 2.95. The van der Waals surface area contributed by atoms with Crippen molar-refractivity contribution < 1.29 is 15.0 Å². The van der Waals surface area contributed by atoms with E-state index in [4.69, 9.17) is 5.11 Å². The summed E-state index contributed by atoms with van der Waals surface area (Å²) >= 11 is 0. The highest BCUT2D eigenvalue weighted by Crippen LogP contribution is 2.47. The lowest BCUT2D eigenvalue weighted by Crippen LogP contribution is -2.29. The number of carbonyl (C=O) groups is 1. The van der Waals surface area contributed by atoms with Gasteiger partial charge in [0.15, 0.2) is 0 Å². The molecule has 3 heteroatoms. The number of allylic oxidation sites excluding steroid dienone is 1. The number of carboxylic acid groups (broad SMARTS) is 1. The Hall–Kier alpha value is -1.09. The summed E-state index contributed by atoms with van der Waals surface area (Å²) in [6.07, 6.45) is 7.16. The van der Waals surface area contributed by atoms with E-state index in [1.54, 1.807) is 13.0 Å².